The Kier molecular flexibility index (Phi) is 5.84. The number of benzene rings is 1. The van der Waals surface area contributed by atoms with Gasteiger partial charge in [0.05, 0.1) is 34.4 Å². The van der Waals surface area contributed by atoms with Crippen LogP contribution in [0.3, 0.4) is 0 Å². The van der Waals surface area contributed by atoms with E-state index in [9.17, 15) is 10.1 Å². The highest BCUT2D eigenvalue weighted by Crippen LogP contribution is 2.41. The molecule has 0 bridgehead atoms. The molecule has 5 nitrogen and oxygen atoms in total. The number of nitrogens with zero attached hydrogens (tertiary/aromatic N) is 1. The first-order valence-corrected chi connectivity index (χ1v) is 9.39. The molecule has 0 saturated heterocycles. The lowest BCUT2D eigenvalue weighted by Gasteiger charge is -2.28. The maximum atomic E-state index is 13.1. The Balaban J connectivity index is 2.02. The maximum Gasteiger partial charge on any atom is 0.254 e. The van der Waals surface area contributed by atoms with E-state index in [1.165, 1.54) is 11.8 Å². The van der Waals surface area contributed by atoms with Gasteiger partial charge >= 0.3 is 0 Å². The number of thioether (sulfide) groups is 1. The van der Waals surface area contributed by atoms with Crippen molar-refractivity contribution in [3.8, 4) is 6.07 Å². The van der Waals surface area contributed by atoms with Crippen LogP contribution in [-0.4, -0.2) is 11.7 Å². The van der Waals surface area contributed by atoms with Crippen LogP contribution in [-0.2, 0) is 4.79 Å². The Morgan fingerprint density at radius 3 is 2.78 bits per heavy atom. The van der Waals surface area contributed by atoms with E-state index in [0.29, 0.717) is 39.1 Å². The number of dihydropyridines is 1. The van der Waals surface area contributed by atoms with Crippen LogP contribution in [0.2, 0.25) is 0 Å². The van der Waals surface area contributed by atoms with Crippen LogP contribution in [0.4, 0.5) is 5.69 Å². The van der Waals surface area contributed by atoms with Gasteiger partial charge in [0.1, 0.15) is 5.76 Å². The van der Waals surface area contributed by atoms with Gasteiger partial charge in [0.2, 0.25) is 0 Å². The van der Waals surface area contributed by atoms with Gasteiger partial charge in [0.25, 0.3) is 5.91 Å². The van der Waals surface area contributed by atoms with Gasteiger partial charge < -0.3 is 15.1 Å². The highest BCUT2D eigenvalue weighted by atomic mass is 32.2. The number of rotatable bonds is 6. The number of para-hydroxylation sites is 1. The molecule has 1 aromatic carbocycles. The van der Waals surface area contributed by atoms with Crippen molar-refractivity contribution in [3.05, 3.63) is 89.0 Å². The minimum atomic E-state index is -0.567. The molecule has 0 spiro atoms. The monoisotopic (exact) mass is 377 g/mol. The van der Waals surface area contributed by atoms with Gasteiger partial charge in [0, 0.05) is 17.1 Å². The van der Waals surface area contributed by atoms with Crippen LogP contribution in [0.15, 0.2) is 87.7 Å². The third-order valence-electron chi connectivity index (χ3n) is 4.10. The van der Waals surface area contributed by atoms with Gasteiger partial charge in [-0.3, -0.25) is 4.79 Å². The van der Waals surface area contributed by atoms with E-state index in [-0.39, 0.29) is 5.91 Å². The summed E-state index contributed by atoms with van der Waals surface area (Å²) in [5, 5.41) is 16.7. The number of hydrogen-bond donors (Lipinski definition) is 2. The Hall–Kier alpha value is -3.17. The number of anilines is 1. The Labute approximate surface area is 162 Å². The number of hydrogen-bond acceptors (Lipinski definition) is 5. The second kappa shape index (κ2) is 8.47. The minimum absolute atomic E-state index is 0.270. The topological polar surface area (TPSA) is 78.1 Å². The first-order valence-electron chi connectivity index (χ1n) is 8.41. The molecule has 0 fully saturated rings. The fourth-order valence-corrected chi connectivity index (χ4v) is 3.76. The third kappa shape index (κ3) is 3.99. The van der Waals surface area contributed by atoms with E-state index >= 15 is 0 Å². The molecule has 1 aromatic heterocycles. The van der Waals surface area contributed by atoms with Crippen LogP contribution >= 0.6 is 11.8 Å². The molecule has 6 heteroatoms. The van der Waals surface area contributed by atoms with Crippen molar-refractivity contribution in [2.45, 2.75) is 12.8 Å². The molecule has 3 rings (SSSR count). The summed E-state index contributed by atoms with van der Waals surface area (Å²) in [6.45, 7) is 5.56. The van der Waals surface area contributed by atoms with Gasteiger partial charge in [-0.2, -0.15) is 5.26 Å². The number of carbonyl (C=O) groups is 1. The first kappa shape index (κ1) is 18.6. The van der Waals surface area contributed by atoms with Crippen molar-refractivity contribution < 1.29 is 9.21 Å². The first-order chi connectivity index (χ1) is 13.2. The van der Waals surface area contributed by atoms with Crippen LogP contribution in [0, 0.1) is 11.3 Å². The van der Waals surface area contributed by atoms with Gasteiger partial charge in [-0.1, -0.05) is 24.3 Å². The number of furan rings is 1. The number of carbonyl (C=O) groups excluding carboxylic acids is 1. The van der Waals surface area contributed by atoms with Crippen molar-refractivity contribution in [3.63, 3.8) is 0 Å². The molecular weight excluding hydrogens is 358 g/mol. The fraction of sp³-hybridized carbons (Fsp3) is 0.143. The quantitative estimate of drug-likeness (QED) is 0.723. The molecule has 0 aliphatic carbocycles. The lowest BCUT2D eigenvalue weighted by atomic mass is 9.85. The van der Waals surface area contributed by atoms with E-state index in [4.69, 9.17) is 4.42 Å². The van der Waals surface area contributed by atoms with E-state index in [2.05, 4.69) is 23.3 Å². The van der Waals surface area contributed by atoms with Crippen LogP contribution in [0.25, 0.3) is 0 Å². The van der Waals surface area contributed by atoms with Gasteiger partial charge in [-0.15, -0.1) is 18.3 Å². The zero-order valence-corrected chi connectivity index (χ0v) is 15.7. The molecule has 1 amide bonds. The average Bonchev–Trinajstić information content (AvgIpc) is 3.20. The SMILES string of the molecule is C=CCSC1=C(C#N)C(c2ccco2)C(C(=O)Nc2ccccc2)=C(C)N1. The Morgan fingerprint density at radius 2 is 2.15 bits per heavy atom. The minimum Gasteiger partial charge on any atom is -0.468 e. The molecule has 0 radical (unpaired) electrons. The lowest BCUT2D eigenvalue weighted by molar-refractivity contribution is -0.113. The molecule has 136 valence electrons. The molecule has 2 N–H and O–H groups in total. The highest BCUT2D eigenvalue weighted by molar-refractivity contribution is 8.03. The summed E-state index contributed by atoms with van der Waals surface area (Å²) in [4.78, 5) is 13.1. The standard InChI is InChI=1S/C21H19N3O2S/c1-3-12-27-21-16(13-22)19(17-10-7-11-26-17)18(14(2)23-21)20(25)24-15-8-5-4-6-9-15/h3-11,19,23H,1,12H2,2H3,(H,24,25). The molecule has 1 aliphatic rings. The zero-order chi connectivity index (χ0) is 19.2. The largest absolute Gasteiger partial charge is 0.468 e. The van der Waals surface area contributed by atoms with Crippen LogP contribution < -0.4 is 10.6 Å². The molecule has 1 aliphatic heterocycles. The van der Waals surface area contributed by atoms with E-state index in [1.807, 2.05) is 37.3 Å². The van der Waals surface area contributed by atoms with E-state index in [1.54, 1.807) is 24.5 Å². The highest BCUT2D eigenvalue weighted by Gasteiger charge is 2.36. The summed E-state index contributed by atoms with van der Waals surface area (Å²) in [5.41, 5.74) is 2.31. The number of amides is 1. The number of allylic oxidation sites excluding steroid dienone is 2. The fourth-order valence-electron chi connectivity index (χ4n) is 2.93. The summed E-state index contributed by atoms with van der Waals surface area (Å²) in [7, 11) is 0. The van der Waals surface area contributed by atoms with Crippen LogP contribution in [0.1, 0.15) is 18.6 Å². The number of nitriles is 1. The van der Waals surface area contributed by atoms with Gasteiger partial charge in [-0.25, -0.2) is 0 Å². The van der Waals surface area contributed by atoms with Crippen molar-refractivity contribution in [2.24, 2.45) is 0 Å². The molecule has 27 heavy (non-hydrogen) atoms. The second-order valence-corrected chi connectivity index (χ2v) is 6.92. The smallest absolute Gasteiger partial charge is 0.254 e. The molecule has 1 unspecified atom stereocenters. The van der Waals surface area contributed by atoms with Crippen molar-refractivity contribution in [2.75, 3.05) is 11.1 Å². The second-order valence-electron chi connectivity index (χ2n) is 5.89. The Bertz CT molecular complexity index is 938. The molecule has 0 saturated carbocycles. The van der Waals surface area contributed by atoms with Crippen molar-refractivity contribution >= 4 is 23.4 Å². The Morgan fingerprint density at radius 1 is 1.37 bits per heavy atom. The summed E-state index contributed by atoms with van der Waals surface area (Å²) < 4.78 is 5.58. The van der Waals surface area contributed by atoms with Gasteiger partial charge in [0.15, 0.2) is 0 Å². The molecule has 2 aromatic rings. The van der Waals surface area contributed by atoms with E-state index in [0.717, 1.165) is 0 Å². The summed E-state index contributed by atoms with van der Waals surface area (Å²) in [6.07, 6.45) is 3.32. The number of nitrogens with one attached hydrogen (secondary N) is 2. The zero-order valence-electron chi connectivity index (χ0n) is 14.9. The van der Waals surface area contributed by atoms with E-state index < -0.39 is 5.92 Å². The maximum absolute atomic E-state index is 13.1. The predicted molar refractivity (Wildman–Crippen MR) is 108 cm³/mol. The normalized spacial score (nSPS) is 16.5. The molecule has 2 heterocycles. The summed E-state index contributed by atoms with van der Waals surface area (Å²) in [5.74, 6) is 0.370. The summed E-state index contributed by atoms with van der Waals surface area (Å²) >= 11 is 1.47. The van der Waals surface area contributed by atoms with Gasteiger partial charge in [-0.05, 0) is 31.2 Å². The summed E-state index contributed by atoms with van der Waals surface area (Å²) in [6, 6.07) is 15.0. The molecule has 1 atom stereocenters. The van der Waals surface area contributed by atoms with Crippen molar-refractivity contribution in [1.29, 1.82) is 5.26 Å². The lowest BCUT2D eigenvalue weighted by Crippen LogP contribution is -2.30. The third-order valence-corrected chi connectivity index (χ3v) is 5.11. The van der Waals surface area contributed by atoms with Crippen molar-refractivity contribution in [1.82, 2.24) is 5.32 Å². The van der Waals surface area contributed by atoms with Crippen LogP contribution in [0.5, 0.6) is 0 Å². The predicted octanol–water partition coefficient (Wildman–Crippen LogP) is 4.53. The molecular formula is C21H19N3O2S. The average molecular weight is 377 g/mol.